The fourth-order valence-corrected chi connectivity index (χ4v) is 6.08. The van der Waals surface area contributed by atoms with Gasteiger partial charge in [-0.2, -0.15) is 54.0 Å². The van der Waals surface area contributed by atoms with E-state index >= 15 is 0 Å². The second-order valence-electron chi connectivity index (χ2n) is 8.13. The molecular weight excluding hydrogens is 388 g/mol. The molecule has 0 amide bonds. The lowest BCUT2D eigenvalue weighted by Crippen LogP contribution is -2.50. The molecule has 1 aromatic rings. The third kappa shape index (κ3) is 3.58. The molecule has 6 heteroatoms. The number of hydrogen-bond acceptors (Lipinski definition) is 2. The van der Waals surface area contributed by atoms with Crippen LogP contribution in [0, 0.1) is 16.7 Å². The van der Waals surface area contributed by atoms with Gasteiger partial charge in [-0.15, -0.1) is 0 Å². The maximum atomic E-state index is 10.5. The third-order valence-electron chi connectivity index (χ3n) is 7.28. The molecule has 0 unspecified atom stereocenters. The number of phenolic OH excluding ortho intramolecular Hbond substituents is 1. The number of aliphatic hydroxyl groups is 1. The van der Waals surface area contributed by atoms with Gasteiger partial charge < -0.3 is 10.2 Å². The van der Waals surface area contributed by atoms with Gasteiger partial charge in [-0.1, -0.05) is 19.9 Å². The van der Waals surface area contributed by atoms with Crippen LogP contribution in [0.4, 0.5) is 0 Å². The summed E-state index contributed by atoms with van der Waals surface area (Å²) in [5.41, 5.74) is 3.25. The standard InChI is InChI=1S/C19H26O2.4H2S/c1-18-9-7-12-11-13(20)3-4-14(12)15(18)8-10-19(2)16(18)5-6-17(19)21;;;;/h3-4,11,15-17,20-21H,5-10H2,1-2H3;4*1H2/t15-,16+,17+,18-,19+;;;;/m1..../s1. The molecule has 146 valence electrons. The maximum Gasteiger partial charge on any atom is 0.115 e. The summed E-state index contributed by atoms with van der Waals surface area (Å²) < 4.78 is 0. The largest absolute Gasteiger partial charge is 0.508 e. The van der Waals surface area contributed by atoms with E-state index in [0.29, 0.717) is 23.0 Å². The van der Waals surface area contributed by atoms with Gasteiger partial charge in [0.2, 0.25) is 0 Å². The highest BCUT2D eigenvalue weighted by Gasteiger charge is 2.59. The molecule has 0 aliphatic heterocycles. The van der Waals surface area contributed by atoms with Crippen LogP contribution in [0.25, 0.3) is 0 Å². The molecule has 2 fully saturated rings. The van der Waals surface area contributed by atoms with Gasteiger partial charge >= 0.3 is 0 Å². The van der Waals surface area contributed by atoms with Gasteiger partial charge in [-0.25, -0.2) is 0 Å². The molecule has 0 spiro atoms. The summed E-state index contributed by atoms with van der Waals surface area (Å²) in [5.74, 6) is 1.64. The van der Waals surface area contributed by atoms with Gasteiger partial charge in [0.05, 0.1) is 6.10 Å². The number of benzene rings is 1. The summed E-state index contributed by atoms with van der Waals surface area (Å²) in [7, 11) is 0. The molecule has 5 atom stereocenters. The van der Waals surface area contributed by atoms with Gasteiger partial charge in [0.25, 0.3) is 0 Å². The van der Waals surface area contributed by atoms with Crippen LogP contribution in [0.1, 0.15) is 63.0 Å². The summed E-state index contributed by atoms with van der Waals surface area (Å²) in [6.45, 7) is 4.79. The Kier molecular flexibility index (Phi) is 8.72. The average Bonchev–Trinajstić information content (AvgIpc) is 2.75. The van der Waals surface area contributed by atoms with Crippen molar-refractivity contribution < 1.29 is 10.2 Å². The van der Waals surface area contributed by atoms with Crippen LogP contribution >= 0.6 is 54.0 Å². The first-order valence-corrected chi connectivity index (χ1v) is 8.45. The maximum absolute atomic E-state index is 10.5. The Bertz CT molecular complexity index is 597. The van der Waals surface area contributed by atoms with E-state index in [0.717, 1.165) is 19.3 Å². The predicted octanol–water partition coefficient (Wildman–Crippen LogP) is 4.45. The van der Waals surface area contributed by atoms with E-state index in [1.165, 1.54) is 30.4 Å². The van der Waals surface area contributed by atoms with Gasteiger partial charge in [0.1, 0.15) is 5.75 Å². The van der Waals surface area contributed by atoms with E-state index < -0.39 is 0 Å². The first-order chi connectivity index (χ1) is 9.95. The highest BCUT2D eigenvalue weighted by molar-refractivity contribution is 7.59. The normalized spacial score (nSPS) is 37.6. The molecular formula is C19H34O2S4. The summed E-state index contributed by atoms with van der Waals surface area (Å²) in [6.07, 6.45) is 6.63. The van der Waals surface area contributed by atoms with Crippen molar-refractivity contribution in [2.24, 2.45) is 16.7 Å². The van der Waals surface area contributed by atoms with E-state index in [1.807, 2.05) is 12.1 Å². The number of rotatable bonds is 0. The van der Waals surface area contributed by atoms with Crippen molar-refractivity contribution in [3.05, 3.63) is 29.3 Å². The molecule has 3 aliphatic carbocycles. The van der Waals surface area contributed by atoms with Gasteiger partial charge in [-0.05, 0) is 84.5 Å². The molecule has 2 saturated carbocycles. The van der Waals surface area contributed by atoms with Crippen LogP contribution in [-0.2, 0) is 6.42 Å². The van der Waals surface area contributed by atoms with Crippen molar-refractivity contribution in [2.75, 3.05) is 0 Å². The number of aromatic hydroxyl groups is 1. The molecule has 3 aliphatic rings. The first-order valence-electron chi connectivity index (χ1n) is 8.45. The van der Waals surface area contributed by atoms with Crippen LogP contribution in [0.2, 0.25) is 0 Å². The zero-order valence-electron chi connectivity index (χ0n) is 15.1. The quantitative estimate of drug-likeness (QED) is 0.648. The zero-order chi connectivity index (χ0) is 14.8. The minimum absolute atomic E-state index is 0. The van der Waals surface area contributed by atoms with Crippen molar-refractivity contribution in [3.63, 3.8) is 0 Å². The van der Waals surface area contributed by atoms with Crippen molar-refractivity contribution in [3.8, 4) is 5.75 Å². The van der Waals surface area contributed by atoms with Crippen molar-refractivity contribution in [1.82, 2.24) is 0 Å². The fraction of sp³-hybridized carbons (Fsp3) is 0.684. The molecule has 25 heavy (non-hydrogen) atoms. The van der Waals surface area contributed by atoms with Gasteiger partial charge in [-0.3, -0.25) is 0 Å². The van der Waals surface area contributed by atoms with Crippen LogP contribution in [-0.4, -0.2) is 16.3 Å². The number of fused-ring (bicyclic) bond motifs is 5. The topological polar surface area (TPSA) is 40.5 Å². The van der Waals surface area contributed by atoms with Gasteiger partial charge in [0.15, 0.2) is 0 Å². The number of aryl methyl sites for hydroxylation is 1. The highest BCUT2D eigenvalue weighted by atomic mass is 32.1. The summed E-state index contributed by atoms with van der Waals surface area (Å²) >= 11 is 0. The molecule has 0 bridgehead atoms. The summed E-state index contributed by atoms with van der Waals surface area (Å²) in [5, 5.41) is 20.2. The van der Waals surface area contributed by atoms with Crippen LogP contribution in [0.5, 0.6) is 5.75 Å². The molecule has 0 radical (unpaired) electrons. The van der Waals surface area contributed by atoms with E-state index in [9.17, 15) is 10.2 Å². The summed E-state index contributed by atoms with van der Waals surface area (Å²) in [6, 6.07) is 5.97. The van der Waals surface area contributed by atoms with Gasteiger partial charge in [0, 0.05) is 0 Å². The second-order valence-corrected chi connectivity index (χ2v) is 8.13. The Morgan fingerprint density at radius 3 is 2.28 bits per heavy atom. The molecule has 2 N–H and O–H groups in total. The Morgan fingerprint density at radius 2 is 1.60 bits per heavy atom. The predicted molar refractivity (Wildman–Crippen MR) is 125 cm³/mol. The van der Waals surface area contributed by atoms with E-state index in [4.69, 9.17) is 0 Å². The van der Waals surface area contributed by atoms with Crippen molar-refractivity contribution >= 4 is 54.0 Å². The molecule has 0 heterocycles. The SMILES string of the molecule is C[C@@]12CCc3cc(O)ccc3[C@H]1CC[C@@]1(C)[C@H]2CC[C@@H]1O.S.S.S.S. The Morgan fingerprint density at radius 1 is 0.920 bits per heavy atom. The lowest BCUT2D eigenvalue weighted by Gasteiger charge is -2.57. The second kappa shape index (κ2) is 8.59. The average molecular weight is 423 g/mol. The Labute approximate surface area is 180 Å². The molecule has 0 saturated heterocycles. The van der Waals surface area contributed by atoms with E-state index in [2.05, 4.69) is 19.9 Å². The lowest BCUT2D eigenvalue weighted by molar-refractivity contribution is -0.0666. The molecule has 4 rings (SSSR count). The van der Waals surface area contributed by atoms with Crippen molar-refractivity contribution in [1.29, 1.82) is 0 Å². The Hall–Kier alpha value is 0.380. The van der Waals surface area contributed by atoms with Crippen LogP contribution in [0.15, 0.2) is 18.2 Å². The lowest BCUT2D eigenvalue weighted by atomic mass is 9.48. The third-order valence-corrected chi connectivity index (χ3v) is 7.28. The molecule has 2 nitrogen and oxygen atoms in total. The van der Waals surface area contributed by atoms with E-state index in [1.54, 1.807) is 0 Å². The minimum atomic E-state index is -0.110. The summed E-state index contributed by atoms with van der Waals surface area (Å²) in [4.78, 5) is 0. The monoisotopic (exact) mass is 422 g/mol. The first kappa shape index (κ1) is 25.4. The van der Waals surface area contributed by atoms with Crippen molar-refractivity contribution in [2.45, 2.75) is 64.4 Å². The number of hydrogen-bond donors (Lipinski definition) is 2. The minimum Gasteiger partial charge on any atom is -0.508 e. The smallest absolute Gasteiger partial charge is 0.115 e. The zero-order valence-corrected chi connectivity index (χ0v) is 19.1. The molecule has 1 aromatic carbocycles. The van der Waals surface area contributed by atoms with Crippen LogP contribution < -0.4 is 0 Å². The number of aliphatic hydroxyl groups excluding tert-OH is 1. The van der Waals surface area contributed by atoms with Crippen LogP contribution in [0.3, 0.4) is 0 Å². The molecule has 0 aromatic heterocycles. The Balaban J connectivity index is 0.00000144. The van der Waals surface area contributed by atoms with E-state index in [-0.39, 0.29) is 65.5 Å². The highest BCUT2D eigenvalue weighted by Crippen LogP contribution is 2.66. The number of phenols is 1. The fourth-order valence-electron chi connectivity index (χ4n) is 6.08.